The normalized spacial score (nSPS) is 22.0. The third-order valence-corrected chi connectivity index (χ3v) is 5.18. The van der Waals surface area contributed by atoms with Crippen molar-refractivity contribution in [1.29, 1.82) is 0 Å². The number of aliphatic hydroxyl groups excluding tert-OH is 1. The van der Waals surface area contributed by atoms with Crippen LogP contribution in [0.3, 0.4) is 0 Å². The lowest BCUT2D eigenvalue weighted by Gasteiger charge is -2.37. The van der Waals surface area contributed by atoms with Crippen LogP contribution in [0.15, 0.2) is 12.1 Å². The van der Waals surface area contributed by atoms with Crippen molar-refractivity contribution in [1.82, 2.24) is 4.90 Å². The summed E-state index contributed by atoms with van der Waals surface area (Å²) >= 11 is 7.61. The predicted octanol–water partition coefficient (Wildman–Crippen LogP) is 2.49. The summed E-state index contributed by atoms with van der Waals surface area (Å²) in [7, 11) is 0. The number of hydrogen-bond donors (Lipinski definition) is 2. The Labute approximate surface area is 118 Å². The molecule has 1 aliphatic rings. The van der Waals surface area contributed by atoms with Crippen molar-refractivity contribution >= 4 is 22.9 Å². The SMILES string of the molecule is CC(O)C1CCN(C(CN)c2ccc(Cl)s2)CC1. The van der Waals surface area contributed by atoms with Gasteiger partial charge in [-0.3, -0.25) is 4.90 Å². The summed E-state index contributed by atoms with van der Waals surface area (Å²) in [6.45, 7) is 4.52. The fraction of sp³-hybridized carbons (Fsp3) is 0.692. The summed E-state index contributed by atoms with van der Waals surface area (Å²) in [5, 5.41) is 9.62. The fourth-order valence-corrected chi connectivity index (χ4v) is 3.87. The van der Waals surface area contributed by atoms with Crippen LogP contribution >= 0.6 is 22.9 Å². The largest absolute Gasteiger partial charge is 0.393 e. The number of piperidine rings is 1. The molecule has 1 aromatic heterocycles. The maximum atomic E-state index is 9.62. The molecule has 0 spiro atoms. The topological polar surface area (TPSA) is 49.5 Å². The molecule has 0 aliphatic carbocycles. The van der Waals surface area contributed by atoms with Crippen LogP contribution in [-0.2, 0) is 0 Å². The van der Waals surface area contributed by atoms with E-state index in [4.69, 9.17) is 17.3 Å². The zero-order valence-electron chi connectivity index (χ0n) is 10.7. The molecule has 0 bridgehead atoms. The molecule has 3 N–H and O–H groups in total. The van der Waals surface area contributed by atoms with Gasteiger partial charge in [-0.25, -0.2) is 0 Å². The molecular weight excluding hydrogens is 268 g/mol. The van der Waals surface area contributed by atoms with E-state index in [9.17, 15) is 5.11 Å². The first kappa shape index (κ1) is 14.3. The standard InChI is InChI=1S/C13H21ClN2OS/c1-9(17)10-4-6-16(7-5-10)11(8-15)12-2-3-13(14)18-12/h2-3,9-11,17H,4-8,15H2,1H3. The van der Waals surface area contributed by atoms with Crippen LogP contribution in [0.5, 0.6) is 0 Å². The Kier molecular flexibility index (Phi) is 5.04. The highest BCUT2D eigenvalue weighted by molar-refractivity contribution is 7.16. The van der Waals surface area contributed by atoms with E-state index in [2.05, 4.69) is 11.0 Å². The number of halogens is 1. The molecular formula is C13H21ClN2OS. The quantitative estimate of drug-likeness (QED) is 0.895. The number of nitrogens with two attached hydrogens (primary N) is 1. The van der Waals surface area contributed by atoms with E-state index in [-0.39, 0.29) is 12.1 Å². The highest BCUT2D eigenvalue weighted by atomic mass is 35.5. The van der Waals surface area contributed by atoms with Crippen molar-refractivity contribution < 1.29 is 5.11 Å². The van der Waals surface area contributed by atoms with E-state index in [0.29, 0.717) is 12.5 Å². The van der Waals surface area contributed by atoms with Gasteiger partial charge in [0, 0.05) is 11.4 Å². The highest BCUT2D eigenvalue weighted by Crippen LogP contribution is 2.32. The fourth-order valence-electron chi connectivity index (χ4n) is 2.67. The van der Waals surface area contributed by atoms with Crippen LogP contribution in [0.1, 0.15) is 30.7 Å². The zero-order valence-corrected chi connectivity index (χ0v) is 12.3. The Hall–Kier alpha value is -0.130. The first-order chi connectivity index (χ1) is 8.61. The maximum absolute atomic E-state index is 9.62. The van der Waals surface area contributed by atoms with Crippen LogP contribution in [0.25, 0.3) is 0 Å². The van der Waals surface area contributed by atoms with Crippen molar-refractivity contribution in [3.63, 3.8) is 0 Å². The Morgan fingerprint density at radius 2 is 2.17 bits per heavy atom. The number of hydrogen-bond acceptors (Lipinski definition) is 4. The van der Waals surface area contributed by atoms with Gasteiger partial charge in [0.05, 0.1) is 16.5 Å². The lowest BCUT2D eigenvalue weighted by Crippen LogP contribution is -2.41. The smallest absolute Gasteiger partial charge is 0.0931 e. The average Bonchev–Trinajstić information content (AvgIpc) is 2.77. The van der Waals surface area contributed by atoms with E-state index in [0.717, 1.165) is 30.3 Å². The average molecular weight is 289 g/mol. The molecule has 1 saturated heterocycles. The molecule has 3 nitrogen and oxygen atoms in total. The number of likely N-dealkylation sites (tertiary alicyclic amines) is 1. The second kappa shape index (κ2) is 6.35. The monoisotopic (exact) mass is 288 g/mol. The second-order valence-corrected chi connectivity index (χ2v) is 6.75. The Balaban J connectivity index is 1.98. The lowest BCUT2D eigenvalue weighted by atomic mass is 9.91. The van der Waals surface area contributed by atoms with Crippen molar-refractivity contribution in [2.24, 2.45) is 11.7 Å². The first-order valence-electron chi connectivity index (χ1n) is 6.49. The summed E-state index contributed by atoms with van der Waals surface area (Å²) < 4.78 is 0.822. The van der Waals surface area contributed by atoms with Crippen molar-refractivity contribution in [3.05, 3.63) is 21.3 Å². The molecule has 1 aromatic rings. The molecule has 5 heteroatoms. The van der Waals surface area contributed by atoms with Crippen molar-refractivity contribution in [3.8, 4) is 0 Å². The highest BCUT2D eigenvalue weighted by Gasteiger charge is 2.27. The molecule has 1 aliphatic heterocycles. The van der Waals surface area contributed by atoms with Gasteiger partial charge in [0.25, 0.3) is 0 Å². The van der Waals surface area contributed by atoms with Gasteiger partial charge in [-0.1, -0.05) is 11.6 Å². The molecule has 2 atom stereocenters. The molecule has 18 heavy (non-hydrogen) atoms. The minimum Gasteiger partial charge on any atom is -0.393 e. The van der Waals surface area contributed by atoms with E-state index >= 15 is 0 Å². The maximum Gasteiger partial charge on any atom is 0.0931 e. The molecule has 2 heterocycles. The van der Waals surface area contributed by atoms with Gasteiger partial charge >= 0.3 is 0 Å². The van der Waals surface area contributed by atoms with E-state index in [1.807, 2.05) is 13.0 Å². The van der Waals surface area contributed by atoms with Gasteiger partial charge in [-0.15, -0.1) is 11.3 Å². The van der Waals surface area contributed by atoms with Crippen LogP contribution in [0.2, 0.25) is 4.34 Å². The van der Waals surface area contributed by atoms with Crippen LogP contribution in [-0.4, -0.2) is 35.7 Å². The molecule has 2 rings (SSSR count). The number of rotatable bonds is 4. The van der Waals surface area contributed by atoms with Gasteiger partial charge in [0.15, 0.2) is 0 Å². The Morgan fingerprint density at radius 3 is 2.61 bits per heavy atom. The van der Waals surface area contributed by atoms with Crippen molar-refractivity contribution in [2.75, 3.05) is 19.6 Å². The minimum atomic E-state index is -0.195. The van der Waals surface area contributed by atoms with Gasteiger partial charge in [0.2, 0.25) is 0 Å². The number of thiophene rings is 1. The van der Waals surface area contributed by atoms with E-state index in [1.54, 1.807) is 11.3 Å². The van der Waals surface area contributed by atoms with Crippen LogP contribution < -0.4 is 5.73 Å². The van der Waals surface area contributed by atoms with E-state index in [1.165, 1.54) is 4.88 Å². The lowest BCUT2D eigenvalue weighted by molar-refractivity contribution is 0.0575. The summed E-state index contributed by atoms with van der Waals surface area (Å²) in [6.07, 6.45) is 1.90. The summed E-state index contributed by atoms with van der Waals surface area (Å²) in [5.74, 6) is 0.437. The van der Waals surface area contributed by atoms with Gasteiger partial charge < -0.3 is 10.8 Å². The second-order valence-electron chi connectivity index (χ2n) is 5.01. The third-order valence-electron chi connectivity index (χ3n) is 3.84. The van der Waals surface area contributed by atoms with Crippen LogP contribution in [0.4, 0.5) is 0 Å². The molecule has 0 aromatic carbocycles. The van der Waals surface area contributed by atoms with Gasteiger partial charge in [0.1, 0.15) is 0 Å². The van der Waals surface area contributed by atoms with Crippen molar-refractivity contribution in [2.45, 2.75) is 31.9 Å². The van der Waals surface area contributed by atoms with Gasteiger partial charge in [-0.2, -0.15) is 0 Å². The molecule has 102 valence electrons. The summed E-state index contributed by atoms with van der Waals surface area (Å²) in [5.41, 5.74) is 5.91. The number of nitrogens with zero attached hydrogens (tertiary/aromatic N) is 1. The van der Waals surface area contributed by atoms with E-state index < -0.39 is 0 Å². The summed E-state index contributed by atoms with van der Waals surface area (Å²) in [6, 6.07) is 4.29. The Morgan fingerprint density at radius 1 is 1.50 bits per heavy atom. The van der Waals surface area contributed by atoms with Crippen LogP contribution in [0, 0.1) is 5.92 Å². The van der Waals surface area contributed by atoms with Gasteiger partial charge in [-0.05, 0) is 50.9 Å². The number of aliphatic hydroxyl groups is 1. The molecule has 0 radical (unpaired) electrons. The molecule has 0 saturated carbocycles. The third kappa shape index (κ3) is 3.25. The zero-order chi connectivity index (χ0) is 13.1. The Bertz CT molecular complexity index is 375. The predicted molar refractivity (Wildman–Crippen MR) is 77.1 cm³/mol. The molecule has 2 unspecified atom stereocenters. The molecule has 0 amide bonds. The summed E-state index contributed by atoms with van der Waals surface area (Å²) in [4.78, 5) is 3.67. The first-order valence-corrected chi connectivity index (χ1v) is 7.68. The minimum absolute atomic E-state index is 0.195. The molecule has 1 fully saturated rings.